The Labute approximate surface area is 142 Å². The molecule has 0 rings (SSSR count). The molecule has 0 aromatic rings. The van der Waals surface area contributed by atoms with E-state index >= 15 is 0 Å². The van der Waals surface area contributed by atoms with Gasteiger partial charge in [0.2, 0.25) is 0 Å². The topological polar surface area (TPSA) is 36.9 Å². The van der Waals surface area contributed by atoms with Crippen LogP contribution in [0.2, 0.25) is 31.4 Å². The largest absolute Gasteiger partial charge is 0.504 e. The van der Waals surface area contributed by atoms with Crippen molar-refractivity contribution in [3.05, 3.63) is 0 Å². The van der Waals surface area contributed by atoms with E-state index in [-0.39, 0.29) is 23.5 Å². The first kappa shape index (κ1) is 22.5. The molecule has 0 aromatic carbocycles. The molecule has 1 unspecified atom stereocenters. The molecule has 1 atom stereocenters. The van der Waals surface area contributed by atoms with E-state index in [1.54, 1.807) is 0 Å². The molecule has 0 amide bonds. The Morgan fingerprint density at radius 3 is 1.23 bits per heavy atom. The van der Waals surface area contributed by atoms with Crippen LogP contribution in [0.5, 0.6) is 0 Å². The van der Waals surface area contributed by atoms with Crippen LogP contribution in [0.15, 0.2) is 0 Å². The molecule has 4 nitrogen and oxygen atoms in total. The van der Waals surface area contributed by atoms with Crippen molar-refractivity contribution in [3.63, 3.8) is 0 Å². The van der Waals surface area contributed by atoms with E-state index in [0.29, 0.717) is 0 Å². The molecule has 0 aliphatic rings. The van der Waals surface area contributed by atoms with Gasteiger partial charge >= 0.3 is 8.80 Å². The highest BCUT2D eigenvalue weighted by Crippen LogP contribution is 2.37. The smallest absolute Gasteiger partial charge is 0.456 e. The van der Waals surface area contributed by atoms with E-state index in [1.165, 1.54) is 0 Å². The van der Waals surface area contributed by atoms with Gasteiger partial charge < -0.3 is 17.4 Å². The van der Waals surface area contributed by atoms with Gasteiger partial charge in [0.1, 0.15) is 0 Å². The molecule has 7 heteroatoms. The summed E-state index contributed by atoms with van der Waals surface area (Å²) >= 11 is 0. The molecule has 0 aromatic heterocycles. The van der Waals surface area contributed by atoms with E-state index in [1.807, 2.05) is 41.5 Å². The van der Waals surface area contributed by atoms with Crippen molar-refractivity contribution >= 4 is 26.2 Å². The molecular formula is C15H37O4Si3. The van der Waals surface area contributed by atoms with Gasteiger partial charge in [-0.05, 0) is 67.7 Å². The fraction of sp³-hybridized carbons (Fsp3) is 1.00. The third-order valence-corrected chi connectivity index (χ3v) is 15.7. The summed E-state index contributed by atoms with van der Waals surface area (Å²) in [6.07, 6.45) is 0.221. The highest BCUT2D eigenvalue weighted by Gasteiger charge is 2.57. The second-order valence-corrected chi connectivity index (χ2v) is 17.5. The van der Waals surface area contributed by atoms with Crippen molar-refractivity contribution in [2.24, 2.45) is 0 Å². The Bertz CT molecular complexity index is 293. The maximum absolute atomic E-state index is 6.39. The minimum absolute atomic E-state index is 0.0736. The van der Waals surface area contributed by atoms with E-state index in [9.17, 15) is 0 Å². The van der Waals surface area contributed by atoms with E-state index in [4.69, 9.17) is 17.4 Å². The van der Waals surface area contributed by atoms with Crippen molar-refractivity contribution in [1.29, 1.82) is 0 Å². The molecule has 22 heavy (non-hydrogen) atoms. The van der Waals surface area contributed by atoms with Crippen LogP contribution in [0.1, 0.15) is 48.5 Å². The zero-order chi connectivity index (χ0) is 17.7. The second-order valence-electron chi connectivity index (χ2n) is 7.44. The predicted molar refractivity (Wildman–Crippen MR) is 99.9 cm³/mol. The Morgan fingerprint density at radius 1 is 0.682 bits per heavy atom. The molecule has 0 N–H and O–H groups in total. The standard InChI is InChI=1S/C15H37O4Si3/c1-12(2)16-22(17-13(3)4,18-14(5)6)15(7)21(10,11)19-20(8)9/h12-15H,1-11H3. The summed E-state index contributed by atoms with van der Waals surface area (Å²) in [6, 6.07) is 0. The lowest BCUT2D eigenvalue weighted by atomic mass is 10.5. The summed E-state index contributed by atoms with van der Waals surface area (Å²) in [7, 11) is -5.57. The maximum atomic E-state index is 6.39. The summed E-state index contributed by atoms with van der Waals surface area (Å²) in [4.78, 5) is 0. The van der Waals surface area contributed by atoms with Crippen LogP contribution in [-0.4, -0.2) is 44.5 Å². The van der Waals surface area contributed by atoms with Crippen molar-refractivity contribution in [2.75, 3.05) is 0 Å². The van der Waals surface area contributed by atoms with E-state index in [2.05, 4.69) is 33.1 Å². The van der Waals surface area contributed by atoms with Crippen molar-refractivity contribution in [1.82, 2.24) is 0 Å². The number of rotatable bonds is 10. The van der Waals surface area contributed by atoms with Gasteiger partial charge in [0.25, 0.3) is 0 Å². The molecule has 0 aliphatic heterocycles. The summed E-state index contributed by atoms with van der Waals surface area (Å²) in [5.41, 5.74) is 0. The molecule has 0 saturated carbocycles. The van der Waals surface area contributed by atoms with Gasteiger partial charge in [0.15, 0.2) is 17.4 Å². The summed E-state index contributed by atoms with van der Waals surface area (Å²) in [6.45, 7) is 23.4. The highest BCUT2D eigenvalue weighted by molar-refractivity contribution is 6.90. The van der Waals surface area contributed by atoms with Crippen molar-refractivity contribution in [3.8, 4) is 0 Å². The molecule has 0 heterocycles. The van der Waals surface area contributed by atoms with Crippen molar-refractivity contribution < 1.29 is 17.4 Å². The summed E-state index contributed by atoms with van der Waals surface area (Å²) < 4.78 is 25.4. The first-order valence-corrected chi connectivity index (χ1v) is 15.5. The van der Waals surface area contributed by atoms with Gasteiger partial charge in [0, 0.05) is 23.5 Å². The molecule has 133 valence electrons. The van der Waals surface area contributed by atoms with Gasteiger partial charge in [-0.25, -0.2) is 0 Å². The van der Waals surface area contributed by atoms with Crippen LogP contribution in [-0.2, 0) is 17.4 Å². The van der Waals surface area contributed by atoms with Crippen molar-refractivity contribution in [2.45, 2.75) is 98.1 Å². The third-order valence-electron chi connectivity index (χ3n) is 3.24. The Hall–Kier alpha value is 0.491. The second kappa shape index (κ2) is 9.10. The first-order chi connectivity index (χ1) is 9.82. The molecule has 0 spiro atoms. The summed E-state index contributed by atoms with van der Waals surface area (Å²) in [5, 5.41) is 0.187. The highest BCUT2D eigenvalue weighted by atomic mass is 28.5. The average molecular weight is 366 g/mol. The molecule has 0 fully saturated rings. The van der Waals surface area contributed by atoms with Gasteiger partial charge in [-0.15, -0.1) is 0 Å². The van der Waals surface area contributed by atoms with Gasteiger partial charge in [-0.3, -0.25) is 0 Å². The maximum Gasteiger partial charge on any atom is 0.504 e. The number of hydrogen-bond acceptors (Lipinski definition) is 4. The fourth-order valence-electron chi connectivity index (χ4n) is 2.42. The average Bonchev–Trinajstić information content (AvgIpc) is 2.22. The van der Waals surface area contributed by atoms with Crippen LogP contribution in [0.25, 0.3) is 0 Å². The van der Waals surface area contributed by atoms with Gasteiger partial charge in [-0.2, -0.15) is 0 Å². The lowest BCUT2D eigenvalue weighted by molar-refractivity contribution is 0.000286. The van der Waals surface area contributed by atoms with E-state index < -0.39 is 26.2 Å². The van der Waals surface area contributed by atoms with Crippen LogP contribution in [0.4, 0.5) is 0 Å². The monoisotopic (exact) mass is 365 g/mol. The third kappa shape index (κ3) is 7.37. The first-order valence-electron chi connectivity index (χ1n) is 8.35. The fourth-order valence-corrected chi connectivity index (χ4v) is 14.6. The van der Waals surface area contributed by atoms with Crippen LogP contribution >= 0.6 is 0 Å². The Morgan fingerprint density at radius 2 is 1.00 bits per heavy atom. The zero-order valence-corrected chi connectivity index (χ0v) is 19.4. The molecule has 0 saturated heterocycles. The quantitative estimate of drug-likeness (QED) is 0.530. The minimum Gasteiger partial charge on any atom is -0.456 e. The van der Waals surface area contributed by atoms with Crippen LogP contribution in [0, 0.1) is 0 Å². The molecule has 1 radical (unpaired) electrons. The minimum atomic E-state index is -2.84. The normalized spacial score (nSPS) is 15.4. The summed E-state index contributed by atoms with van der Waals surface area (Å²) in [5.74, 6) is 0. The van der Waals surface area contributed by atoms with Crippen LogP contribution in [0.3, 0.4) is 0 Å². The van der Waals surface area contributed by atoms with Crippen LogP contribution < -0.4 is 0 Å². The van der Waals surface area contributed by atoms with E-state index in [0.717, 1.165) is 0 Å². The SMILES string of the molecule is CC(C)O[Si](OC(C)C)(OC(C)C)C(C)[Si](C)(C)O[Si](C)C. The predicted octanol–water partition coefficient (Wildman–Crippen LogP) is 4.60. The Kier molecular flexibility index (Phi) is 9.30. The lowest BCUT2D eigenvalue weighted by Crippen LogP contribution is -2.61. The molecule has 0 aliphatic carbocycles. The lowest BCUT2D eigenvalue weighted by Gasteiger charge is -2.43. The molecular weight excluding hydrogens is 328 g/mol. The zero-order valence-electron chi connectivity index (χ0n) is 16.4. The van der Waals surface area contributed by atoms with Gasteiger partial charge in [-0.1, -0.05) is 6.92 Å². The molecule has 0 bridgehead atoms. The Balaban J connectivity index is 5.66. The van der Waals surface area contributed by atoms with Gasteiger partial charge in [0.05, 0.1) is 0 Å². The number of hydrogen-bond donors (Lipinski definition) is 0.